The largest absolute Gasteiger partial charge is 0.298 e. The highest BCUT2D eigenvalue weighted by Gasteiger charge is 2.24. The van der Waals surface area contributed by atoms with E-state index in [4.69, 9.17) is 0 Å². The molecule has 0 unspecified atom stereocenters. The molecule has 4 aromatic rings. The molecule has 0 saturated carbocycles. The topological polar surface area (TPSA) is 60.7 Å². The number of aryl methyl sites for hydroxylation is 2. The number of carbonyl (C=O) groups is 1. The van der Waals surface area contributed by atoms with E-state index < -0.39 is 0 Å². The van der Waals surface area contributed by atoms with Crippen LogP contribution in [-0.4, -0.2) is 25.5 Å². The SMILES string of the molecule is CC(=O)[C@@H](Sc1nnc(-c2cccnc2)n1-c1ccc(C)cc1C)c1ccccc1. The molecule has 6 heteroatoms. The second-order valence-electron chi connectivity index (χ2n) is 7.19. The summed E-state index contributed by atoms with van der Waals surface area (Å²) in [6, 6.07) is 19.9. The molecule has 0 N–H and O–H groups in total. The summed E-state index contributed by atoms with van der Waals surface area (Å²) in [6.07, 6.45) is 3.51. The van der Waals surface area contributed by atoms with E-state index in [9.17, 15) is 4.79 Å². The lowest BCUT2D eigenvalue weighted by atomic mass is 10.1. The van der Waals surface area contributed by atoms with Crippen molar-refractivity contribution < 1.29 is 4.79 Å². The first-order valence-corrected chi connectivity index (χ1v) is 10.6. The van der Waals surface area contributed by atoms with Gasteiger partial charge in [-0.25, -0.2) is 0 Å². The molecule has 0 radical (unpaired) electrons. The highest BCUT2D eigenvalue weighted by atomic mass is 32.2. The van der Waals surface area contributed by atoms with Crippen molar-refractivity contribution in [2.24, 2.45) is 0 Å². The van der Waals surface area contributed by atoms with Gasteiger partial charge in [0, 0.05) is 18.0 Å². The lowest BCUT2D eigenvalue weighted by Gasteiger charge is -2.17. The van der Waals surface area contributed by atoms with Gasteiger partial charge in [0.2, 0.25) is 0 Å². The van der Waals surface area contributed by atoms with E-state index in [1.165, 1.54) is 17.3 Å². The number of pyridine rings is 1. The molecule has 0 bridgehead atoms. The van der Waals surface area contributed by atoms with Crippen molar-refractivity contribution in [1.82, 2.24) is 19.7 Å². The highest BCUT2D eigenvalue weighted by Crippen LogP contribution is 2.38. The summed E-state index contributed by atoms with van der Waals surface area (Å²) in [7, 11) is 0. The minimum Gasteiger partial charge on any atom is -0.298 e. The molecule has 2 aromatic heterocycles. The Bertz CT molecular complexity index is 1170. The lowest BCUT2D eigenvalue weighted by Crippen LogP contribution is -2.08. The number of benzene rings is 2. The van der Waals surface area contributed by atoms with Gasteiger partial charge in [0.1, 0.15) is 5.78 Å². The Balaban J connectivity index is 1.86. The first-order valence-electron chi connectivity index (χ1n) is 9.70. The van der Waals surface area contributed by atoms with Gasteiger partial charge in [-0.2, -0.15) is 0 Å². The molecule has 0 spiro atoms. The maximum absolute atomic E-state index is 12.5. The normalized spacial score (nSPS) is 12.0. The zero-order chi connectivity index (χ0) is 21.1. The molecule has 0 aliphatic heterocycles. The molecule has 0 saturated heterocycles. The third-order valence-corrected chi connectivity index (χ3v) is 6.16. The van der Waals surface area contributed by atoms with Gasteiger partial charge in [0.15, 0.2) is 11.0 Å². The molecular weight excluding hydrogens is 392 g/mol. The van der Waals surface area contributed by atoms with Crippen molar-refractivity contribution in [1.29, 1.82) is 0 Å². The van der Waals surface area contributed by atoms with E-state index in [0.717, 1.165) is 22.4 Å². The van der Waals surface area contributed by atoms with Gasteiger partial charge in [0.25, 0.3) is 0 Å². The Morgan fingerprint density at radius 2 is 1.80 bits per heavy atom. The maximum atomic E-state index is 12.5. The number of carbonyl (C=O) groups excluding carboxylic acids is 1. The smallest absolute Gasteiger partial charge is 0.197 e. The van der Waals surface area contributed by atoms with Crippen molar-refractivity contribution in [3.63, 3.8) is 0 Å². The van der Waals surface area contributed by atoms with Crippen molar-refractivity contribution >= 4 is 17.5 Å². The van der Waals surface area contributed by atoms with Crippen LogP contribution < -0.4 is 0 Å². The fourth-order valence-corrected chi connectivity index (χ4v) is 4.47. The molecule has 0 aliphatic rings. The molecule has 0 fully saturated rings. The number of Topliss-reactive ketones (excluding diaryl/α,β-unsaturated/α-hetero) is 1. The van der Waals surface area contributed by atoms with Gasteiger partial charge < -0.3 is 0 Å². The van der Waals surface area contributed by atoms with Crippen LogP contribution in [0.25, 0.3) is 17.1 Å². The molecular formula is C24H22N4OS. The Hall–Kier alpha value is -3.25. The summed E-state index contributed by atoms with van der Waals surface area (Å²) in [5.74, 6) is 0.775. The molecule has 4 rings (SSSR count). The van der Waals surface area contributed by atoms with Crippen LogP contribution in [0, 0.1) is 13.8 Å². The summed E-state index contributed by atoms with van der Waals surface area (Å²) in [5.41, 5.74) is 5.11. The van der Waals surface area contributed by atoms with E-state index in [-0.39, 0.29) is 11.0 Å². The van der Waals surface area contributed by atoms with Gasteiger partial charge in [-0.3, -0.25) is 14.3 Å². The summed E-state index contributed by atoms with van der Waals surface area (Å²) < 4.78 is 2.02. The predicted octanol–water partition coefficient (Wildman–Crippen LogP) is 5.37. The first kappa shape index (κ1) is 20.0. The van der Waals surface area contributed by atoms with Gasteiger partial charge in [-0.1, -0.05) is 59.8 Å². The number of ketones is 1. The number of nitrogens with zero attached hydrogens (tertiary/aromatic N) is 4. The monoisotopic (exact) mass is 414 g/mol. The summed E-state index contributed by atoms with van der Waals surface area (Å²) in [6.45, 7) is 5.76. The van der Waals surface area contributed by atoms with Crippen LogP contribution in [0.4, 0.5) is 0 Å². The minimum atomic E-state index is -0.360. The second-order valence-corrected chi connectivity index (χ2v) is 8.26. The molecule has 2 heterocycles. The van der Waals surface area contributed by atoms with E-state index in [2.05, 4.69) is 47.2 Å². The number of hydrogen-bond acceptors (Lipinski definition) is 5. The molecule has 30 heavy (non-hydrogen) atoms. The van der Waals surface area contributed by atoms with Gasteiger partial charge in [-0.15, -0.1) is 10.2 Å². The minimum absolute atomic E-state index is 0.0734. The van der Waals surface area contributed by atoms with Crippen LogP contribution in [-0.2, 0) is 4.79 Å². The zero-order valence-corrected chi connectivity index (χ0v) is 17.9. The van der Waals surface area contributed by atoms with E-state index in [0.29, 0.717) is 11.0 Å². The molecule has 0 amide bonds. The number of hydrogen-bond donors (Lipinski definition) is 0. The summed E-state index contributed by atoms with van der Waals surface area (Å²) in [5, 5.41) is 9.26. The first-order chi connectivity index (χ1) is 14.5. The molecule has 150 valence electrons. The Morgan fingerprint density at radius 3 is 2.47 bits per heavy atom. The third kappa shape index (κ3) is 4.04. The molecule has 0 aliphatic carbocycles. The van der Waals surface area contributed by atoms with Crippen molar-refractivity contribution in [3.8, 4) is 17.1 Å². The lowest BCUT2D eigenvalue weighted by molar-refractivity contribution is -0.116. The van der Waals surface area contributed by atoms with Crippen molar-refractivity contribution in [2.45, 2.75) is 31.2 Å². The molecule has 2 aromatic carbocycles. The van der Waals surface area contributed by atoms with Crippen molar-refractivity contribution in [3.05, 3.63) is 89.7 Å². The Labute approximate surface area is 180 Å². The quantitative estimate of drug-likeness (QED) is 0.397. The van der Waals surface area contributed by atoms with E-state index in [1.54, 1.807) is 19.3 Å². The van der Waals surface area contributed by atoms with E-state index in [1.807, 2.05) is 47.0 Å². The second kappa shape index (κ2) is 8.63. The fraction of sp³-hybridized carbons (Fsp3) is 0.167. The standard InChI is InChI=1S/C24H22N4OS/c1-16-11-12-21(17(2)14-16)28-23(20-10-7-13-25-15-20)26-27-24(28)30-22(18(3)29)19-8-5-4-6-9-19/h4-15,22H,1-3H3/t22-/m1/s1. The Kier molecular flexibility index (Phi) is 5.77. The number of aromatic nitrogens is 4. The average molecular weight is 415 g/mol. The van der Waals surface area contributed by atoms with Crippen LogP contribution in [0.2, 0.25) is 0 Å². The number of rotatable bonds is 6. The average Bonchev–Trinajstić information content (AvgIpc) is 3.16. The van der Waals surface area contributed by atoms with Crippen LogP contribution in [0.3, 0.4) is 0 Å². The van der Waals surface area contributed by atoms with Crippen LogP contribution in [0.1, 0.15) is 28.9 Å². The van der Waals surface area contributed by atoms with Gasteiger partial charge in [0.05, 0.1) is 10.9 Å². The van der Waals surface area contributed by atoms with Crippen LogP contribution in [0.5, 0.6) is 0 Å². The van der Waals surface area contributed by atoms with Crippen LogP contribution >= 0.6 is 11.8 Å². The Morgan fingerprint density at radius 1 is 1.00 bits per heavy atom. The van der Waals surface area contributed by atoms with Gasteiger partial charge >= 0.3 is 0 Å². The summed E-state index contributed by atoms with van der Waals surface area (Å²) in [4.78, 5) is 16.7. The third-order valence-electron chi connectivity index (χ3n) is 4.84. The number of thioether (sulfide) groups is 1. The van der Waals surface area contributed by atoms with Gasteiger partial charge in [-0.05, 0) is 50.1 Å². The predicted molar refractivity (Wildman–Crippen MR) is 120 cm³/mol. The zero-order valence-electron chi connectivity index (χ0n) is 17.1. The summed E-state index contributed by atoms with van der Waals surface area (Å²) >= 11 is 1.42. The van der Waals surface area contributed by atoms with E-state index >= 15 is 0 Å². The molecule has 5 nitrogen and oxygen atoms in total. The highest BCUT2D eigenvalue weighted by molar-refractivity contribution is 8.00. The fourth-order valence-electron chi connectivity index (χ4n) is 3.42. The maximum Gasteiger partial charge on any atom is 0.197 e. The van der Waals surface area contributed by atoms with Crippen LogP contribution in [0.15, 0.2) is 78.2 Å². The molecule has 1 atom stereocenters. The van der Waals surface area contributed by atoms with Crippen molar-refractivity contribution in [2.75, 3.05) is 0 Å².